The first-order valence-electron chi connectivity index (χ1n) is 8.10. The Balaban J connectivity index is 1.68. The van der Waals surface area contributed by atoms with Crippen molar-refractivity contribution in [2.45, 2.75) is 38.8 Å². The Morgan fingerprint density at radius 2 is 2.30 bits per heavy atom. The van der Waals surface area contributed by atoms with Crippen molar-refractivity contribution in [2.24, 2.45) is 11.3 Å². The number of morpholine rings is 1. The largest absolute Gasteiger partial charge is 0.356 e. The molecule has 0 bridgehead atoms. The van der Waals surface area contributed by atoms with Crippen molar-refractivity contribution in [1.29, 1.82) is 0 Å². The van der Waals surface area contributed by atoms with E-state index in [1.807, 2.05) is 6.07 Å². The van der Waals surface area contributed by atoms with Crippen molar-refractivity contribution in [3.8, 4) is 0 Å². The van der Waals surface area contributed by atoms with Gasteiger partial charge >= 0.3 is 0 Å². The lowest BCUT2D eigenvalue weighted by Crippen LogP contribution is -2.53. The summed E-state index contributed by atoms with van der Waals surface area (Å²) >= 11 is 0. The van der Waals surface area contributed by atoms with Crippen LogP contribution in [0.15, 0.2) is 24.5 Å². The summed E-state index contributed by atoms with van der Waals surface area (Å²) < 4.78 is 5.51. The maximum atomic E-state index is 12.6. The average Bonchev–Trinajstić information content (AvgIpc) is 3.35. The fourth-order valence-corrected chi connectivity index (χ4v) is 3.08. The summed E-state index contributed by atoms with van der Waals surface area (Å²) in [5.41, 5.74) is 1.00. The van der Waals surface area contributed by atoms with Crippen molar-refractivity contribution in [3.63, 3.8) is 0 Å². The highest BCUT2D eigenvalue weighted by molar-refractivity contribution is 5.86. The predicted molar refractivity (Wildman–Crippen MR) is 84.4 cm³/mol. The molecule has 0 unspecified atom stereocenters. The highest BCUT2D eigenvalue weighted by Crippen LogP contribution is 2.51. The molecule has 3 rings (SSSR count). The molecule has 0 radical (unpaired) electrons. The summed E-state index contributed by atoms with van der Waals surface area (Å²) in [6, 6.07) is 3.12. The molecule has 2 N–H and O–H groups in total. The van der Waals surface area contributed by atoms with Crippen LogP contribution in [0.4, 0.5) is 0 Å². The molecule has 1 aliphatic carbocycles. The van der Waals surface area contributed by atoms with Gasteiger partial charge in [-0.1, -0.05) is 19.9 Å². The molecule has 1 saturated carbocycles. The lowest BCUT2D eigenvalue weighted by molar-refractivity contribution is -0.148. The molecule has 23 heavy (non-hydrogen) atoms. The molecule has 2 fully saturated rings. The Bertz CT molecular complexity index is 584. The van der Waals surface area contributed by atoms with Crippen LogP contribution in [0.5, 0.6) is 0 Å². The van der Waals surface area contributed by atoms with E-state index < -0.39 is 12.1 Å². The van der Waals surface area contributed by atoms with Gasteiger partial charge in [-0.3, -0.25) is 14.6 Å². The number of amides is 2. The Morgan fingerprint density at radius 1 is 1.52 bits per heavy atom. The molecule has 1 saturated heterocycles. The van der Waals surface area contributed by atoms with E-state index in [2.05, 4.69) is 29.5 Å². The number of carbonyl (C=O) groups is 2. The second-order valence-corrected chi connectivity index (χ2v) is 6.80. The van der Waals surface area contributed by atoms with Gasteiger partial charge in [0.25, 0.3) is 5.91 Å². The first-order chi connectivity index (χ1) is 11.0. The minimum Gasteiger partial charge on any atom is -0.356 e. The second-order valence-electron chi connectivity index (χ2n) is 6.80. The van der Waals surface area contributed by atoms with Gasteiger partial charge in [0.05, 0.1) is 6.04 Å². The molecular formula is C17H23N3O3. The number of aromatic nitrogens is 1. The van der Waals surface area contributed by atoms with Crippen molar-refractivity contribution >= 4 is 11.8 Å². The molecule has 2 aliphatic rings. The zero-order valence-electron chi connectivity index (χ0n) is 13.5. The Labute approximate surface area is 136 Å². The van der Waals surface area contributed by atoms with Gasteiger partial charge in [0.2, 0.25) is 5.91 Å². The van der Waals surface area contributed by atoms with Gasteiger partial charge in [0.15, 0.2) is 6.10 Å². The third kappa shape index (κ3) is 3.37. The van der Waals surface area contributed by atoms with E-state index in [0.29, 0.717) is 12.5 Å². The highest BCUT2D eigenvalue weighted by atomic mass is 16.5. The standard InChI is InChI=1S/C17H23N3O3/c1-11(2)17(5-6-17)10-19-16(22)15-14(20-13(21)9-23-15)12-4-3-7-18-8-12/h3-4,7-8,11,14-15H,5-6,9-10H2,1-2H3,(H,19,22)(H,20,21)/t14-,15+/m1/s1. The zero-order chi connectivity index (χ0) is 16.4. The maximum absolute atomic E-state index is 12.6. The molecule has 2 atom stereocenters. The summed E-state index contributed by atoms with van der Waals surface area (Å²) in [5, 5.41) is 5.85. The van der Waals surface area contributed by atoms with Crippen molar-refractivity contribution < 1.29 is 14.3 Å². The monoisotopic (exact) mass is 317 g/mol. The smallest absolute Gasteiger partial charge is 0.251 e. The van der Waals surface area contributed by atoms with Crippen molar-refractivity contribution in [3.05, 3.63) is 30.1 Å². The SMILES string of the molecule is CC(C)C1(CNC(=O)[C@H]2OCC(=O)N[C@@H]2c2cccnc2)CC1. The van der Waals surface area contributed by atoms with Crippen molar-refractivity contribution in [2.75, 3.05) is 13.2 Å². The average molecular weight is 317 g/mol. The summed E-state index contributed by atoms with van der Waals surface area (Å²) in [6.07, 6.45) is 4.89. The summed E-state index contributed by atoms with van der Waals surface area (Å²) in [5.74, 6) is 0.151. The molecule has 6 heteroatoms. The third-order valence-corrected chi connectivity index (χ3v) is 5.05. The topological polar surface area (TPSA) is 80.3 Å². The molecule has 6 nitrogen and oxygen atoms in total. The van der Waals surface area contributed by atoms with Crippen LogP contribution in [0.2, 0.25) is 0 Å². The number of rotatable bonds is 5. The van der Waals surface area contributed by atoms with Crippen LogP contribution in [0, 0.1) is 11.3 Å². The van der Waals surface area contributed by atoms with Gasteiger partial charge in [-0.25, -0.2) is 0 Å². The quantitative estimate of drug-likeness (QED) is 0.855. The maximum Gasteiger partial charge on any atom is 0.251 e. The number of hydrogen-bond donors (Lipinski definition) is 2. The summed E-state index contributed by atoms with van der Waals surface area (Å²) in [7, 11) is 0. The van der Waals surface area contributed by atoms with E-state index in [-0.39, 0.29) is 23.8 Å². The number of pyridine rings is 1. The summed E-state index contributed by atoms with van der Waals surface area (Å²) in [4.78, 5) is 28.3. The van der Waals surface area contributed by atoms with E-state index in [9.17, 15) is 9.59 Å². The predicted octanol–water partition coefficient (Wildman–Crippen LogP) is 1.19. The number of hydrogen-bond acceptors (Lipinski definition) is 4. The number of carbonyl (C=O) groups excluding carboxylic acids is 2. The molecule has 1 aliphatic heterocycles. The molecule has 124 valence electrons. The lowest BCUT2D eigenvalue weighted by Gasteiger charge is -2.32. The third-order valence-electron chi connectivity index (χ3n) is 5.05. The van der Waals surface area contributed by atoms with Gasteiger partial charge in [-0.2, -0.15) is 0 Å². The van der Waals surface area contributed by atoms with E-state index in [1.165, 1.54) is 0 Å². The Kier molecular flexibility index (Phi) is 4.35. The van der Waals surface area contributed by atoms with Crippen LogP contribution in [0.3, 0.4) is 0 Å². The highest BCUT2D eigenvalue weighted by Gasteiger charge is 2.46. The molecule has 1 aromatic heterocycles. The van der Waals surface area contributed by atoms with Crippen LogP contribution in [0.25, 0.3) is 0 Å². The van der Waals surface area contributed by atoms with Crippen LogP contribution in [0.1, 0.15) is 38.3 Å². The summed E-state index contributed by atoms with van der Waals surface area (Å²) in [6.45, 7) is 4.95. The second kappa shape index (κ2) is 6.28. The molecule has 2 amide bonds. The number of nitrogens with zero attached hydrogens (tertiary/aromatic N) is 1. The fourth-order valence-electron chi connectivity index (χ4n) is 3.08. The molecule has 0 aromatic carbocycles. The first kappa shape index (κ1) is 15.9. The molecular weight excluding hydrogens is 294 g/mol. The van der Waals surface area contributed by atoms with Crippen LogP contribution in [-0.4, -0.2) is 36.1 Å². The Hall–Kier alpha value is -1.95. The van der Waals surface area contributed by atoms with E-state index >= 15 is 0 Å². The zero-order valence-corrected chi connectivity index (χ0v) is 13.5. The van der Waals surface area contributed by atoms with Gasteiger partial charge in [0.1, 0.15) is 6.61 Å². The van der Waals surface area contributed by atoms with Gasteiger partial charge in [-0.15, -0.1) is 0 Å². The first-order valence-corrected chi connectivity index (χ1v) is 8.10. The molecule has 0 spiro atoms. The fraction of sp³-hybridized carbons (Fsp3) is 0.588. The Morgan fingerprint density at radius 3 is 2.91 bits per heavy atom. The van der Waals surface area contributed by atoms with Crippen molar-refractivity contribution in [1.82, 2.24) is 15.6 Å². The van der Waals surface area contributed by atoms with Gasteiger partial charge in [-0.05, 0) is 35.8 Å². The minimum absolute atomic E-state index is 0.0931. The normalized spacial score (nSPS) is 25.8. The number of nitrogens with one attached hydrogen (secondary N) is 2. The van der Waals surface area contributed by atoms with Crippen LogP contribution in [-0.2, 0) is 14.3 Å². The number of ether oxygens (including phenoxy) is 1. The van der Waals surface area contributed by atoms with E-state index in [0.717, 1.165) is 18.4 Å². The van der Waals surface area contributed by atoms with Crippen LogP contribution >= 0.6 is 0 Å². The lowest BCUT2D eigenvalue weighted by atomic mass is 9.92. The van der Waals surface area contributed by atoms with Gasteiger partial charge in [0, 0.05) is 18.9 Å². The molecule has 1 aromatic rings. The van der Waals surface area contributed by atoms with Crippen LogP contribution < -0.4 is 10.6 Å². The molecule has 2 heterocycles. The minimum atomic E-state index is -0.722. The van der Waals surface area contributed by atoms with E-state index in [1.54, 1.807) is 18.5 Å². The van der Waals surface area contributed by atoms with E-state index in [4.69, 9.17) is 4.74 Å². The van der Waals surface area contributed by atoms with Gasteiger partial charge < -0.3 is 15.4 Å².